The number of hydrogen-bond acceptors (Lipinski definition) is 3. The summed E-state index contributed by atoms with van der Waals surface area (Å²) in [6.45, 7) is 1.96. The predicted octanol–water partition coefficient (Wildman–Crippen LogP) is 3.40. The van der Waals surface area contributed by atoms with Gasteiger partial charge in [0, 0.05) is 11.3 Å². The van der Waals surface area contributed by atoms with Gasteiger partial charge in [-0.05, 0) is 32.3 Å². The third-order valence-electron chi connectivity index (χ3n) is 3.77. The fraction of sp³-hybridized carbons (Fsp3) is 0.312. The monoisotopic (exact) mass is 249 g/mol. The minimum Gasteiger partial charge on any atom is -0.236 e. The summed E-state index contributed by atoms with van der Waals surface area (Å²) in [7, 11) is 0. The van der Waals surface area contributed by atoms with Gasteiger partial charge in [-0.1, -0.05) is 30.3 Å². The number of aromatic nitrogens is 2. The van der Waals surface area contributed by atoms with Crippen molar-refractivity contribution in [1.82, 2.24) is 9.97 Å². The number of aryl methyl sites for hydroxylation is 1. The van der Waals surface area contributed by atoms with E-state index in [4.69, 9.17) is 0 Å². The van der Waals surface area contributed by atoms with Crippen molar-refractivity contribution in [2.24, 2.45) is 0 Å². The summed E-state index contributed by atoms with van der Waals surface area (Å²) in [5.74, 6) is 0.695. The molecular formula is C16H15N3. The van der Waals surface area contributed by atoms with Gasteiger partial charge in [-0.2, -0.15) is 5.26 Å². The molecule has 94 valence electrons. The average molecular weight is 249 g/mol. The third kappa shape index (κ3) is 2.00. The standard InChI is InChI=1S/C16H15N3/c1-12-10-14(13-6-3-2-4-7-13)19-15(18-12)16(11-17)8-5-9-16/h2-4,6-7,10H,5,8-9H2,1H3. The van der Waals surface area contributed by atoms with Crippen LogP contribution in [0.15, 0.2) is 36.4 Å². The first kappa shape index (κ1) is 11.9. The molecular weight excluding hydrogens is 234 g/mol. The Bertz CT molecular complexity index is 637. The first-order valence-electron chi connectivity index (χ1n) is 6.56. The molecule has 1 aromatic heterocycles. The smallest absolute Gasteiger partial charge is 0.149 e. The molecule has 1 heterocycles. The highest BCUT2D eigenvalue weighted by Crippen LogP contribution is 2.41. The van der Waals surface area contributed by atoms with E-state index in [-0.39, 0.29) is 0 Å². The summed E-state index contributed by atoms with van der Waals surface area (Å²) < 4.78 is 0. The van der Waals surface area contributed by atoms with Crippen LogP contribution < -0.4 is 0 Å². The molecule has 0 atom stereocenters. The normalized spacial score (nSPS) is 16.4. The molecule has 3 rings (SSSR count). The molecule has 1 saturated carbocycles. The lowest BCUT2D eigenvalue weighted by molar-refractivity contribution is 0.307. The van der Waals surface area contributed by atoms with E-state index in [1.807, 2.05) is 43.3 Å². The lowest BCUT2D eigenvalue weighted by Gasteiger charge is -2.33. The maximum atomic E-state index is 9.41. The van der Waals surface area contributed by atoms with Crippen LogP contribution in [0.3, 0.4) is 0 Å². The summed E-state index contributed by atoms with van der Waals surface area (Å²) in [5, 5.41) is 9.41. The molecule has 0 aliphatic heterocycles. The summed E-state index contributed by atoms with van der Waals surface area (Å²) in [4.78, 5) is 9.13. The second kappa shape index (κ2) is 4.47. The fourth-order valence-electron chi connectivity index (χ4n) is 2.46. The van der Waals surface area contributed by atoms with E-state index in [1.54, 1.807) is 0 Å². The van der Waals surface area contributed by atoms with Gasteiger partial charge in [-0.25, -0.2) is 9.97 Å². The van der Waals surface area contributed by atoms with E-state index >= 15 is 0 Å². The molecule has 0 unspecified atom stereocenters. The highest BCUT2D eigenvalue weighted by Gasteiger charge is 2.42. The number of hydrogen-bond donors (Lipinski definition) is 0. The van der Waals surface area contributed by atoms with Gasteiger partial charge in [0.2, 0.25) is 0 Å². The number of benzene rings is 1. The molecule has 2 aromatic rings. The van der Waals surface area contributed by atoms with Crippen LogP contribution in [0.4, 0.5) is 0 Å². The second-order valence-corrected chi connectivity index (χ2v) is 5.13. The lowest BCUT2D eigenvalue weighted by Crippen LogP contribution is -2.34. The molecule has 0 radical (unpaired) electrons. The van der Waals surface area contributed by atoms with Crippen molar-refractivity contribution in [3.8, 4) is 17.3 Å². The van der Waals surface area contributed by atoms with E-state index in [2.05, 4.69) is 16.0 Å². The van der Waals surface area contributed by atoms with Crippen molar-refractivity contribution in [1.29, 1.82) is 5.26 Å². The van der Waals surface area contributed by atoms with Crippen LogP contribution in [0.5, 0.6) is 0 Å². The number of nitrogens with zero attached hydrogens (tertiary/aromatic N) is 3. The van der Waals surface area contributed by atoms with E-state index in [0.717, 1.165) is 36.2 Å². The van der Waals surface area contributed by atoms with Crippen LogP contribution in [0.1, 0.15) is 30.8 Å². The van der Waals surface area contributed by atoms with Crippen LogP contribution >= 0.6 is 0 Å². The zero-order chi connectivity index (χ0) is 13.3. The van der Waals surface area contributed by atoms with E-state index in [9.17, 15) is 5.26 Å². The van der Waals surface area contributed by atoms with Gasteiger partial charge < -0.3 is 0 Å². The van der Waals surface area contributed by atoms with Crippen LogP contribution in [-0.2, 0) is 5.41 Å². The van der Waals surface area contributed by atoms with E-state index in [1.165, 1.54) is 0 Å². The van der Waals surface area contributed by atoms with Crippen LogP contribution in [0.25, 0.3) is 11.3 Å². The summed E-state index contributed by atoms with van der Waals surface area (Å²) in [5.41, 5.74) is 2.45. The summed E-state index contributed by atoms with van der Waals surface area (Å²) in [6.07, 6.45) is 2.84. The Hall–Kier alpha value is -2.21. The maximum absolute atomic E-state index is 9.41. The topological polar surface area (TPSA) is 49.6 Å². The second-order valence-electron chi connectivity index (χ2n) is 5.13. The van der Waals surface area contributed by atoms with Gasteiger partial charge in [-0.3, -0.25) is 0 Å². The minimum atomic E-state index is -0.449. The number of nitriles is 1. The van der Waals surface area contributed by atoms with Crippen molar-refractivity contribution in [2.45, 2.75) is 31.6 Å². The minimum absolute atomic E-state index is 0.449. The molecule has 19 heavy (non-hydrogen) atoms. The van der Waals surface area contributed by atoms with Crippen LogP contribution in [-0.4, -0.2) is 9.97 Å². The first-order chi connectivity index (χ1) is 9.23. The molecule has 1 aliphatic carbocycles. The van der Waals surface area contributed by atoms with E-state index < -0.39 is 5.41 Å². The zero-order valence-electron chi connectivity index (χ0n) is 10.9. The van der Waals surface area contributed by atoms with Gasteiger partial charge in [0.05, 0.1) is 11.8 Å². The highest BCUT2D eigenvalue weighted by atomic mass is 14.9. The molecule has 0 saturated heterocycles. The van der Waals surface area contributed by atoms with Crippen molar-refractivity contribution in [3.63, 3.8) is 0 Å². The molecule has 1 fully saturated rings. The Morgan fingerprint density at radius 1 is 1.16 bits per heavy atom. The lowest BCUT2D eigenvalue weighted by atomic mass is 9.69. The summed E-state index contributed by atoms with van der Waals surface area (Å²) >= 11 is 0. The Labute approximate surface area is 113 Å². The Balaban J connectivity index is 2.09. The molecule has 1 aliphatic rings. The zero-order valence-corrected chi connectivity index (χ0v) is 10.9. The van der Waals surface area contributed by atoms with Gasteiger partial charge in [-0.15, -0.1) is 0 Å². The molecule has 0 spiro atoms. The molecule has 3 heteroatoms. The summed E-state index contributed by atoms with van der Waals surface area (Å²) in [6, 6.07) is 14.4. The SMILES string of the molecule is Cc1cc(-c2ccccc2)nc(C2(C#N)CCC2)n1. The molecule has 1 aromatic carbocycles. The van der Waals surface area contributed by atoms with Gasteiger partial charge >= 0.3 is 0 Å². The Morgan fingerprint density at radius 3 is 2.47 bits per heavy atom. The molecule has 3 nitrogen and oxygen atoms in total. The number of rotatable bonds is 2. The predicted molar refractivity (Wildman–Crippen MR) is 73.3 cm³/mol. The first-order valence-corrected chi connectivity index (χ1v) is 6.56. The Kier molecular flexibility index (Phi) is 2.79. The van der Waals surface area contributed by atoms with Crippen molar-refractivity contribution < 1.29 is 0 Å². The quantitative estimate of drug-likeness (QED) is 0.819. The van der Waals surface area contributed by atoms with Crippen molar-refractivity contribution >= 4 is 0 Å². The van der Waals surface area contributed by atoms with Gasteiger partial charge in [0.1, 0.15) is 11.2 Å². The molecule has 0 N–H and O–H groups in total. The molecule has 0 bridgehead atoms. The maximum Gasteiger partial charge on any atom is 0.149 e. The average Bonchev–Trinajstić information content (AvgIpc) is 2.39. The largest absolute Gasteiger partial charge is 0.236 e. The van der Waals surface area contributed by atoms with Crippen LogP contribution in [0, 0.1) is 18.3 Å². The third-order valence-corrected chi connectivity index (χ3v) is 3.77. The van der Waals surface area contributed by atoms with Gasteiger partial charge in [0.15, 0.2) is 0 Å². The highest BCUT2D eigenvalue weighted by molar-refractivity contribution is 5.59. The fourth-order valence-corrected chi connectivity index (χ4v) is 2.46. The Morgan fingerprint density at radius 2 is 1.89 bits per heavy atom. The van der Waals surface area contributed by atoms with Crippen molar-refractivity contribution in [2.75, 3.05) is 0 Å². The molecule has 0 amide bonds. The van der Waals surface area contributed by atoms with Gasteiger partial charge in [0.25, 0.3) is 0 Å². The van der Waals surface area contributed by atoms with Crippen LogP contribution in [0.2, 0.25) is 0 Å². The van der Waals surface area contributed by atoms with E-state index in [0.29, 0.717) is 5.82 Å². The van der Waals surface area contributed by atoms with Crippen molar-refractivity contribution in [3.05, 3.63) is 47.9 Å².